The molecular weight excluding hydrogens is 272 g/mol. The Balaban J connectivity index is 1.95. The van der Waals surface area contributed by atoms with E-state index in [1.54, 1.807) is 0 Å². The fraction of sp³-hybridized carbons (Fsp3) is 0.200. The van der Waals surface area contributed by atoms with Crippen LogP contribution in [0.4, 0.5) is 10.6 Å². The van der Waals surface area contributed by atoms with E-state index in [1.165, 1.54) is 11.3 Å². The third-order valence-corrected chi connectivity index (χ3v) is 4.21. The maximum absolute atomic E-state index is 11.5. The summed E-state index contributed by atoms with van der Waals surface area (Å²) in [4.78, 5) is 33.3. The molecule has 8 heteroatoms. The first-order valence-electron chi connectivity index (χ1n) is 5.12. The lowest BCUT2D eigenvalue weighted by Crippen LogP contribution is -2.28. The molecule has 2 aromatic rings. The fourth-order valence-electron chi connectivity index (χ4n) is 1.67. The molecule has 0 aliphatic carbocycles. The van der Waals surface area contributed by atoms with E-state index in [0.717, 1.165) is 26.9 Å². The molecule has 1 saturated heterocycles. The molecule has 2 N–H and O–H groups in total. The molecule has 6 nitrogen and oxygen atoms in total. The van der Waals surface area contributed by atoms with Crippen molar-refractivity contribution < 1.29 is 9.59 Å². The summed E-state index contributed by atoms with van der Waals surface area (Å²) in [5, 5.41) is 2.42. The summed E-state index contributed by atoms with van der Waals surface area (Å²) < 4.78 is 0. The number of hydrogen-bond acceptors (Lipinski definition) is 7. The Morgan fingerprint density at radius 2 is 2.22 bits per heavy atom. The van der Waals surface area contributed by atoms with Crippen LogP contribution in [0.2, 0.25) is 0 Å². The van der Waals surface area contributed by atoms with Gasteiger partial charge < -0.3 is 5.73 Å². The van der Waals surface area contributed by atoms with Crippen molar-refractivity contribution in [2.75, 3.05) is 11.5 Å². The zero-order valence-electron chi connectivity index (χ0n) is 9.12. The average Bonchev–Trinajstić information content (AvgIpc) is 2.91. The second-order valence-corrected chi connectivity index (χ2v) is 5.52. The van der Waals surface area contributed by atoms with Crippen LogP contribution in [0, 0.1) is 0 Å². The highest BCUT2D eigenvalue weighted by molar-refractivity contribution is 8.14. The van der Waals surface area contributed by atoms with Crippen molar-refractivity contribution in [1.82, 2.24) is 14.9 Å². The third kappa shape index (κ3) is 1.83. The van der Waals surface area contributed by atoms with Gasteiger partial charge in [-0.25, -0.2) is 9.97 Å². The van der Waals surface area contributed by atoms with Crippen LogP contribution in [0.1, 0.15) is 5.82 Å². The van der Waals surface area contributed by atoms with E-state index >= 15 is 0 Å². The SMILES string of the molecule is Nc1nc(CN2C(=O)CSC2=O)nc2sccc12. The van der Waals surface area contributed by atoms with E-state index in [1.807, 2.05) is 11.4 Å². The Kier molecular flexibility index (Phi) is 2.67. The van der Waals surface area contributed by atoms with Crippen molar-refractivity contribution >= 4 is 50.3 Å². The van der Waals surface area contributed by atoms with Crippen LogP contribution in [0.25, 0.3) is 10.2 Å². The van der Waals surface area contributed by atoms with Crippen molar-refractivity contribution in [1.29, 1.82) is 0 Å². The molecule has 3 heterocycles. The van der Waals surface area contributed by atoms with Gasteiger partial charge in [-0.15, -0.1) is 11.3 Å². The van der Waals surface area contributed by atoms with E-state index in [0.29, 0.717) is 11.6 Å². The van der Waals surface area contributed by atoms with E-state index in [9.17, 15) is 9.59 Å². The molecule has 1 fully saturated rings. The molecule has 0 radical (unpaired) electrons. The molecule has 0 saturated carbocycles. The van der Waals surface area contributed by atoms with Gasteiger partial charge in [0, 0.05) is 0 Å². The molecule has 0 unspecified atom stereocenters. The maximum Gasteiger partial charge on any atom is 0.289 e. The molecule has 0 spiro atoms. The highest BCUT2D eigenvalue weighted by atomic mass is 32.2. The number of nitrogens with zero attached hydrogens (tertiary/aromatic N) is 3. The minimum atomic E-state index is -0.256. The first-order valence-corrected chi connectivity index (χ1v) is 6.98. The zero-order chi connectivity index (χ0) is 12.7. The van der Waals surface area contributed by atoms with Crippen molar-refractivity contribution in [3.63, 3.8) is 0 Å². The maximum atomic E-state index is 11.5. The number of fused-ring (bicyclic) bond motifs is 1. The molecule has 2 aromatic heterocycles. The Labute approximate surface area is 110 Å². The molecule has 2 amide bonds. The summed E-state index contributed by atoms with van der Waals surface area (Å²) in [5.74, 6) is 0.753. The number of nitrogen functional groups attached to an aromatic ring is 1. The van der Waals surface area contributed by atoms with Crippen LogP contribution >= 0.6 is 23.1 Å². The first-order chi connectivity index (χ1) is 8.65. The van der Waals surface area contributed by atoms with Crippen molar-refractivity contribution in [2.24, 2.45) is 0 Å². The van der Waals surface area contributed by atoms with Crippen molar-refractivity contribution in [2.45, 2.75) is 6.54 Å². The number of aromatic nitrogens is 2. The smallest absolute Gasteiger partial charge is 0.289 e. The van der Waals surface area contributed by atoms with Gasteiger partial charge in [0.05, 0.1) is 17.7 Å². The second-order valence-electron chi connectivity index (χ2n) is 3.70. The molecule has 0 bridgehead atoms. The largest absolute Gasteiger partial charge is 0.383 e. The standard InChI is InChI=1S/C10H8N4O2S2/c11-8-5-1-2-17-9(5)13-6(12-8)3-14-7(15)4-18-10(14)16/h1-2H,3-4H2,(H2,11,12,13). The van der Waals surface area contributed by atoms with Crippen LogP contribution in [0.3, 0.4) is 0 Å². The van der Waals surface area contributed by atoms with Gasteiger partial charge in [0.2, 0.25) is 5.91 Å². The number of thioether (sulfide) groups is 1. The minimum Gasteiger partial charge on any atom is -0.383 e. The van der Waals surface area contributed by atoms with Gasteiger partial charge in [0.15, 0.2) is 5.82 Å². The van der Waals surface area contributed by atoms with Gasteiger partial charge >= 0.3 is 0 Å². The Morgan fingerprint density at radius 3 is 2.94 bits per heavy atom. The van der Waals surface area contributed by atoms with Gasteiger partial charge in [-0.1, -0.05) is 11.8 Å². The second kappa shape index (κ2) is 4.21. The van der Waals surface area contributed by atoms with Crippen LogP contribution in [-0.2, 0) is 11.3 Å². The highest BCUT2D eigenvalue weighted by Gasteiger charge is 2.30. The molecule has 18 heavy (non-hydrogen) atoms. The number of thiophene rings is 1. The number of hydrogen-bond donors (Lipinski definition) is 1. The highest BCUT2D eigenvalue weighted by Crippen LogP contribution is 2.25. The van der Waals surface area contributed by atoms with Crippen LogP contribution < -0.4 is 5.73 Å². The van der Waals surface area contributed by atoms with Gasteiger partial charge in [-0.2, -0.15) is 0 Å². The number of carbonyl (C=O) groups is 2. The molecule has 92 valence electrons. The van der Waals surface area contributed by atoms with Gasteiger partial charge in [0.25, 0.3) is 5.24 Å². The number of imide groups is 1. The van der Waals surface area contributed by atoms with Gasteiger partial charge in [-0.3, -0.25) is 14.5 Å². The number of carbonyl (C=O) groups excluding carboxylic acids is 2. The summed E-state index contributed by atoms with van der Waals surface area (Å²) >= 11 is 2.45. The molecule has 0 aromatic carbocycles. The van der Waals surface area contributed by atoms with Crippen molar-refractivity contribution in [3.05, 3.63) is 17.3 Å². The Bertz CT molecular complexity index is 638. The Hall–Kier alpha value is -1.67. The van der Waals surface area contributed by atoms with Gasteiger partial charge in [0.1, 0.15) is 10.6 Å². The lowest BCUT2D eigenvalue weighted by molar-refractivity contribution is -0.125. The van der Waals surface area contributed by atoms with Gasteiger partial charge in [-0.05, 0) is 11.4 Å². The number of nitrogens with two attached hydrogens (primary N) is 1. The Morgan fingerprint density at radius 1 is 1.39 bits per heavy atom. The number of amides is 2. The predicted molar refractivity (Wildman–Crippen MR) is 70.2 cm³/mol. The molecule has 3 rings (SSSR count). The van der Waals surface area contributed by atoms with Crippen LogP contribution in [0.5, 0.6) is 0 Å². The lowest BCUT2D eigenvalue weighted by Gasteiger charge is -2.11. The van der Waals surface area contributed by atoms with E-state index in [2.05, 4.69) is 9.97 Å². The van der Waals surface area contributed by atoms with E-state index in [-0.39, 0.29) is 23.4 Å². The molecule has 0 atom stereocenters. The fourth-order valence-corrected chi connectivity index (χ4v) is 3.19. The summed E-state index contributed by atoms with van der Waals surface area (Å²) in [5.41, 5.74) is 5.81. The summed E-state index contributed by atoms with van der Waals surface area (Å²) in [7, 11) is 0. The summed E-state index contributed by atoms with van der Waals surface area (Å²) in [6, 6.07) is 1.85. The van der Waals surface area contributed by atoms with E-state index in [4.69, 9.17) is 5.73 Å². The zero-order valence-corrected chi connectivity index (χ0v) is 10.8. The predicted octanol–water partition coefficient (Wildman–Crippen LogP) is 1.47. The lowest BCUT2D eigenvalue weighted by atomic mass is 10.3. The summed E-state index contributed by atoms with van der Waals surface area (Å²) in [6.45, 7) is 0.0860. The monoisotopic (exact) mass is 280 g/mol. The topological polar surface area (TPSA) is 89.2 Å². The third-order valence-electron chi connectivity index (χ3n) is 2.54. The normalized spacial score (nSPS) is 15.9. The molecular formula is C10H8N4O2S2. The van der Waals surface area contributed by atoms with Crippen LogP contribution in [0.15, 0.2) is 11.4 Å². The minimum absolute atomic E-state index is 0.0860. The van der Waals surface area contributed by atoms with Crippen LogP contribution in [-0.4, -0.2) is 31.8 Å². The van der Waals surface area contributed by atoms with Crippen molar-refractivity contribution in [3.8, 4) is 0 Å². The molecule has 1 aliphatic rings. The number of rotatable bonds is 2. The quantitative estimate of drug-likeness (QED) is 0.896. The van der Waals surface area contributed by atoms with E-state index < -0.39 is 0 Å². The first kappa shape index (κ1) is 11.4. The average molecular weight is 280 g/mol. The summed E-state index contributed by atoms with van der Waals surface area (Å²) in [6.07, 6.45) is 0. The molecule has 1 aliphatic heterocycles. The number of anilines is 1.